The number of anilines is 1. The smallest absolute Gasteiger partial charge is 0.226 e. The van der Waals surface area contributed by atoms with Crippen LogP contribution in [-0.4, -0.2) is 31.0 Å². The number of hydrogen-bond donors (Lipinski definition) is 2. The third-order valence-corrected chi connectivity index (χ3v) is 5.55. The number of thiazole rings is 1. The molecular formula is C23H25N3O4S. The van der Waals surface area contributed by atoms with Gasteiger partial charge in [0.2, 0.25) is 11.8 Å². The van der Waals surface area contributed by atoms with Gasteiger partial charge in [0, 0.05) is 23.6 Å². The molecule has 7 nitrogen and oxygen atoms in total. The van der Waals surface area contributed by atoms with E-state index >= 15 is 0 Å². The van der Waals surface area contributed by atoms with Crippen molar-refractivity contribution in [1.82, 2.24) is 10.3 Å². The van der Waals surface area contributed by atoms with Gasteiger partial charge in [0.15, 0.2) is 11.5 Å². The molecule has 2 aromatic carbocycles. The number of carbonyl (C=O) groups is 2. The van der Waals surface area contributed by atoms with Gasteiger partial charge in [-0.1, -0.05) is 12.1 Å². The highest BCUT2D eigenvalue weighted by Gasteiger charge is 2.14. The van der Waals surface area contributed by atoms with Crippen LogP contribution < -0.4 is 20.1 Å². The van der Waals surface area contributed by atoms with E-state index in [-0.39, 0.29) is 24.3 Å². The van der Waals surface area contributed by atoms with Gasteiger partial charge in [0.25, 0.3) is 0 Å². The zero-order valence-corrected chi connectivity index (χ0v) is 18.7. The van der Waals surface area contributed by atoms with E-state index in [1.807, 2.05) is 54.8 Å². The summed E-state index contributed by atoms with van der Waals surface area (Å²) >= 11 is 1.47. The summed E-state index contributed by atoms with van der Waals surface area (Å²) in [4.78, 5) is 28.4. The summed E-state index contributed by atoms with van der Waals surface area (Å²) in [5, 5.41) is 8.42. The summed E-state index contributed by atoms with van der Waals surface area (Å²) in [6.07, 6.45) is 0.180. The monoisotopic (exact) mass is 439 g/mol. The Morgan fingerprint density at radius 3 is 2.58 bits per heavy atom. The number of amides is 2. The molecule has 2 N–H and O–H groups in total. The molecule has 8 heteroatoms. The van der Waals surface area contributed by atoms with Gasteiger partial charge in [-0.2, -0.15) is 0 Å². The van der Waals surface area contributed by atoms with Crippen LogP contribution in [0.2, 0.25) is 0 Å². The lowest BCUT2D eigenvalue weighted by Gasteiger charge is -2.15. The van der Waals surface area contributed by atoms with Crippen LogP contribution in [0.5, 0.6) is 11.5 Å². The molecule has 0 saturated heterocycles. The first-order valence-electron chi connectivity index (χ1n) is 9.73. The Hall–Kier alpha value is -3.39. The summed E-state index contributed by atoms with van der Waals surface area (Å²) in [6, 6.07) is 12.8. The first-order chi connectivity index (χ1) is 14.9. The molecule has 1 heterocycles. The summed E-state index contributed by atoms with van der Waals surface area (Å²) in [6.45, 7) is 3.36. The van der Waals surface area contributed by atoms with E-state index in [0.717, 1.165) is 16.1 Å². The van der Waals surface area contributed by atoms with Gasteiger partial charge < -0.3 is 20.1 Å². The van der Waals surface area contributed by atoms with Crippen molar-refractivity contribution in [3.05, 3.63) is 59.1 Å². The largest absolute Gasteiger partial charge is 0.493 e. The Bertz CT molecular complexity index is 1080. The molecule has 3 aromatic rings. The maximum Gasteiger partial charge on any atom is 0.226 e. The average molecular weight is 440 g/mol. The van der Waals surface area contributed by atoms with E-state index in [2.05, 4.69) is 15.6 Å². The number of benzene rings is 2. The van der Waals surface area contributed by atoms with Crippen molar-refractivity contribution in [3.63, 3.8) is 0 Å². The number of aromatic nitrogens is 1. The Kier molecular flexibility index (Phi) is 7.25. The molecule has 162 valence electrons. The Labute approximate surface area is 185 Å². The predicted molar refractivity (Wildman–Crippen MR) is 122 cm³/mol. The molecule has 0 fully saturated rings. The molecule has 1 aromatic heterocycles. The number of ether oxygens (including phenoxy) is 2. The molecule has 3 rings (SSSR count). The lowest BCUT2D eigenvalue weighted by molar-refractivity contribution is -0.121. The second-order valence-electron chi connectivity index (χ2n) is 6.99. The number of rotatable bonds is 8. The Balaban J connectivity index is 1.64. The summed E-state index contributed by atoms with van der Waals surface area (Å²) in [5.74, 6) is 1.02. The van der Waals surface area contributed by atoms with Crippen molar-refractivity contribution in [1.29, 1.82) is 0 Å². The third kappa shape index (κ3) is 5.82. The van der Waals surface area contributed by atoms with Crippen LogP contribution in [0, 0.1) is 0 Å². The number of methoxy groups -OCH3 is 2. The number of hydrogen-bond acceptors (Lipinski definition) is 6. The van der Waals surface area contributed by atoms with Crippen LogP contribution >= 0.6 is 11.3 Å². The van der Waals surface area contributed by atoms with E-state index in [9.17, 15) is 9.59 Å². The van der Waals surface area contributed by atoms with E-state index in [1.165, 1.54) is 18.3 Å². The van der Waals surface area contributed by atoms with Gasteiger partial charge in [-0.05, 0) is 42.8 Å². The average Bonchev–Trinajstić information content (AvgIpc) is 3.21. The SMILES string of the molecule is COc1ccc(-c2nc(CC(=O)NC(C)c3cccc(NC(C)=O)c3)cs2)cc1OC. The fraction of sp³-hybridized carbons (Fsp3) is 0.261. The standard InChI is InChI=1S/C23H25N3O4S/c1-14(16-6-5-7-18(10-16)25-15(2)27)24-22(28)12-19-13-31-23(26-19)17-8-9-20(29-3)21(11-17)30-4/h5-11,13-14H,12H2,1-4H3,(H,24,28)(H,25,27). The molecule has 0 saturated carbocycles. The molecule has 0 aliphatic heterocycles. The van der Waals surface area contributed by atoms with Crippen molar-refractivity contribution in [2.45, 2.75) is 26.3 Å². The van der Waals surface area contributed by atoms with Gasteiger partial charge in [-0.25, -0.2) is 4.98 Å². The maximum atomic E-state index is 12.5. The lowest BCUT2D eigenvalue weighted by atomic mass is 10.1. The molecule has 1 unspecified atom stereocenters. The highest BCUT2D eigenvalue weighted by atomic mass is 32.1. The molecular weight excluding hydrogens is 414 g/mol. The molecule has 0 spiro atoms. The quantitative estimate of drug-likeness (QED) is 0.549. The van der Waals surface area contributed by atoms with E-state index < -0.39 is 0 Å². The van der Waals surface area contributed by atoms with Gasteiger partial charge >= 0.3 is 0 Å². The summed E-state index contributed by atoms with van der Waals surface area (Å²) in [7, 11) is 3.18. The highest BCUT2D eigenvalue weighted by molar-refractivity contribution is 7.13. The minimum absolute atomic E-state index is 0.124. The van der Waals surface area contributed by atoms with Crippen molar-refractivity contribution in [2.75, 3.05) is 19.5 Å². The van der Waals surface area contributed by atoms with Gasteiger partial charge in [0.1, 0.15) is 5.01 Å². The van der Waals surface area contributed by atoms with Crippen molar-refractivity contribution >= 4 is 28.8 Å². The topological polar surface area (TPSA) is 89.5 Å². The zero-order chi connectivity index (χ0) is 22.4. The van der Waals surface area contributed by atoms with Crippen molar-refractivity contribution in [2.24, 2.45) is 0 Å². The molecule has 0 bridgehead atoms. The number of nitrogens with zero attached hydrogens (tertiary/aromatic N) is 1. The number of carbonyl (C=O) groups excluding carboxylic acids is 2. The minimum Gasteiger partial charge on any atom is -0.493 e. The second kappa shape index (κ2) is 10.1. The van der Waals surface area contributed by atoms with Crippen LogP contribution in [0.1, 0.15) is 31.1 Å². The van der Waals surface area contributed by atoms with Gasteiger partial charge in [0.05, 0.1) is 32.4 Å². The minimum atomic E-state index is -0.204. The Morgan fingerprint density at radius 1 is 1.10 bits per heavy atom. The third-order valence-electron chi connectivity index (χ3n) is 4.61. The van der Waals surface area contributed by atoms with Crippen LogP contribution in [0.25, 0.3) is 10.6 Å². The first kappa shape index (κ1) is 22.3. The van der Waals surface area contributed by atoms with Crippen LogP contribution in [-0.2, 0) is 16.0 Å². The first-order valence-corrected chi connectivity index (χ1v) is 10.6. The second-order valence-corrected chi connectivity index (χ2v) is 7.84. The Morgan fingerprint density at radius 2 is 1.87 bits per heavy atom. The maximum absolute atomic E-state index is 12.5. The lowest BCUT2D eigenvalue weighted by Crippen LogP contribution is -2.28. The van der Waals surface area contributed by atoms with Crippen molar-refractivity contribution < 1.29 is 19.1 Å². The van der Waals surface area contributed by atoms with Gasteiger partial charge in [-0.15, -0.1) is 11.3 Å². The number of nitrogens with one attached hydrogen (secondary N) is 2. The summed E-state index contributed by atoms with van der Waals surface area (Å²) < 4.78 is 10.6. The summed E-state index contributed by atoms with van der Waals surface area (Å²) in [5.41, 5.74) is 3.21. The van der Waals surface area contributed by atoms with Crippen molar-refractivity contribution in [3.8, 4) is 22.1 Å². The molecule has 1 atom stereocenters. The van der Waals surface area contributed by atoms with Crippen LogP contribution in [0.4, 0.5) is 5.69 Å². The molecule has 2 amide bonds. The highest BCUT2D eigenvalue weighted by Crippen LogP contribution is 2.33. The van der Waals surface area contributed by atoms with E-state index in [1.54, 1.807) is 14.2 Å². The molecule has 0 aliphatic rings. The van der Waals surface area contributed by atoms with E-state index in [0.29, 0.717) is 22.9 Å². The van der Waals surface area contributed by atoms with Crippen LogP contribution in [0.3, 0.4) is 0 Å². The van der Waals surface area contributed by atoms with Crippen LogP contribution in [0.15, 0.2) is 47.8 Å². The van der Waals surface area contributed by atoms with E-state index in [4.69, 9.17) is 9.47 Å². The fourth-order valence-corrected chi connectivity index (χ4v) is 3.94. The fourth-order valence-electron chi connectivity index (χ4n) is 3.12. The zero-order valence-electron chi connectivity index (χ0n) is 17.9. The normalized spacial score (nSPS) is 11.5. The molecule has 0 radical (unpaired) electrons. The predicted octanol–water partition coefficient (Wildman–Crippen LogP) is 4.21. The molecule has 31 heavy (non-hydrogen) atoms. The molecule has 0 aliphatic carbocycles. The van der Waals surface area contributed by atoms with Gasteiger partial charge in [-0.3, -0.25) is 9.59 Å².